The van der Waals surface area contributed by atoms with Crippen LogP contribution in [-0.4, -0.2) is 28.0 Å². The van der Waals surface area contributed by atoms with Gasteiger partial charge in [-0.15, -0.1) is 0 Å². The zero-order chi connectivity index (χ0) is 19.7. The van der Waals surface area contributed by atoms with Crippen molar-refractivity contribution in [2.75, 3.05) is 18.4 Å². The summed E-state index contributed by atoms with van der Waals surface area (Å²) in [4.78, 5) is 12.2. The highest BCUT2D eigenvalue weighted by Gasteiger charge is 2.17. The first kappa shape index (κ1) is 20.8. The lowest BCUT2D eigenvalue weighted by atomic mass is 10.2. The lowest BCUT2D eigenvalue weighted by Gasteiger charge is -2.12. The molecule has 2 aromatic carbocycles. The molecular formula is C20H26N2O4S. The Kier molecular flexibility index (Phi) is 7.67. The first-order chi connectivity index (χ1) is 13.0. The Hall–Kier alpha value is -2.54. The van der Waals surface area contributed by atoms with Crippen LogP contribution in [0.15, 0.2) is 53.4 Å². The number of anilines is 1. The molecule has 2 N–H and O–H groups in total. The number of benzene rings is 2. The van der Waals surface area contributed by atoms with E-state index in [2.05, 4.69) is 17.0 Å². The number of ether oxygens (including phenoxy) is 1. The van der Waals surface area contributed by atoms with Crippen molar-refractivity contribution >= 4 is 21.6 Å². The molecule has 0 fully saturated rings. The number of rotatable bonds is 10. The molecule has 0 aliphatic heterocycles. The van der Waals surface area contributed by atoms with Crippen molar-refractivity contribution in [2.45, 2.75) is 37.5 Å². The number of sulfonamides is 1. The Morgan fingerprint density at radius 1 is 1.00 bits per heavy atom. The molecule has 0 heterocycles. The molecule has 0 aromatic heterocycles. The van der Waals surface area contributed by atoms with Crippen LogP contribution in [0.4, 0.5) is 5.69 Å². The summed E-state index contributed by atoms with van der Waals surface area (Å²) < 4.78 is 32.8. The van der Waals surface area contributed by atoms with Crippen LogP contribution in [-0.2, 0) is 10.0 Å². The normalized spacial score (nSPS) is 11.0. The van der Waals surface area contributed by atoms with Crippen LogP contribution in [0, 0.1) is 0 Å². The van der Waals surface area contributed by atoms with Gasteiger partial charge in [0.05, 0.1) is 17.7 Å². The second-order valence-electron chi connectivity index (χ2n) is 6.15. The molecule has 0 atom stereocenters. The van der Waals surface area contributed by atoms with Gasteiger partial charge in [-0.3, -0.25) is 9.52 Å². The Balaban J connectivity index is 2.02. The average molecular weight is 391 g/mol. The van der Waals surface area contributed by atoms with Gasteiger partial charge in [-0.2, -0.15) is 0 Å². The van der Waals surface area contributed by atoms with Crippen molar-refractivity contribution in [3.63, 3.8) is 0 Å². The highest BCUT2D eigenvalue weighted by Crippen LogP contribution is 2.26. The largest absolute Gasteiger partial charge is 0.495 e. The fourth-order valence-corrected chi connectivity index (χ4v) is 3.64. The van der Waals surface area contributed by atoms with Crippen LogP contribution in [0.5, 0.6) is 5.75 Å². The molecule has 146 valence electrons. The molecule has 0 unspecified atom stereocenters. The number of carbonyl (C=O) groups is 1. The van der Waals surface area contributed by atoms with Crippen LogP contribution in [0.25, 0.3) is 0 Å². The third-order valence-corrected chi connectivity index (χ3v) is 5.48. The maximum Gasteiger partial charge on any atom is 0.262 e. The number of unbranched alkanes of at least 4 members (excludes halogenated alkanes) is 3. The Bertz CT molecular complexity index is 849. The van der Waals surface area contributed by atoms with Crippen molar-refractivity contribution in [3.8, 4) is 5.75 Å². The lowest BCUT2D eigenvalue weighted by Crippen LogP contribution is -2.24. The van der Waals surface area contributed by atoms with E-state index in [1.165, 1.54) is 31.4 Å². The van der Waals surface area contributed by atoms with Gasteiger partial charge in [0.15, 0.2) is 0 Å². The highest BCUT2D eigenvalue weighted by molar-refractivity contribution is 7.92. The standard InChI is InChI=1S/C20H26N2O4S/c1-3-4-5-8-15-21-20(23)16-11-13-17(14-12-16)27(24,25)22-18-9-6-7-10-19(18)26-2/h6-7,9-14,22H,3-5,8,15H2,1-2H3,(H,21,23). The van der Waals surface area contributed by atoms with E-state index in [4.69, 9.17) is 4.74 Å². The summed E-state index contributed by atoms with van der Waals surface area (Å²) in [5, 5.41) is 2.85. The number of para-hydroxylation sites is 2. The van der Waals surface area contributed by atoms with Crippen LogP contribution in [0.1, 0.15) is 43.0 Å². The van der Waals surface area contributed by atoms with E-state index in [1.54, 1.807) is 24.3 Å². The van der Waals surface area contributed by atoms with Crippen LogP contribution in [0.2, 0.25) is 0 Å². The summed E-state index contributed by atoms with van der Waals surface area (Å²) in [6.07, 6.45) is 4.33. The fourth-order valence-electron chi connectivity index (χ4n) is 2.57. The molecule has 6 nitrogen and oxygen atoms in total. The number of hydrogen-bond acceptors (Lipinski definition) is 4. The smallest absolute Gasteiger partial charge is 0.262 e. The molecule has 0 spiro atoms. The molecule has 1 amide bonds. The van der Waals surface area contributed by atoms with Gasteiger partial charge in [0.25, 0.3) is 15.9 Å². The van der Waals surface area contributed by atoms with Gasteiger partial charge >= 0.3 is 0 Å². The predicted octanol–water partition coefficient (Wildman–Crippen LogP) is 3.81. The Morgan fingerprint density at radius 3 is 2.37 bits per heavy atom. The molecule has 2 aromatic rings. The number of hydrogen-bond donors (Lipinski definition) is 2. The quantitative estimate of drug-likeness (QED) is 0.604. The third-order valence-electron chi connectivity index (χ3n) is 4.09. The molecule has 0 saturated heterocycles. The molecule has 27 heavy (non-hydrogen) atoms. The van der Waals surface area contributed by atoms with Crippen molar-refractivity contribution in [2.24, 2.45) is 0 Å². The van der Waals surface area contributed by atoms with E-state index < -0.39 is 10.0 Å². The van der Waals surface area contributed by atoms with Gasteiger partial charge in [-0.1, -0.05) is 38.3 Å². The minimum atomic E-state index is -3.78. The second kappa shape index (κ2) is 9.97. The average Bonchev–Trinajstić information content (AvgIpc) is 2.68. The third kappa shape index (κ3) is 5.99. The van der Waals surface area contributed by atoms with E-state index in [0.717, 1.165) is 25.7 Å². The number of carbonyl (C=O) groups excluding carboxylic acids is 1. The lowest BCUT2D eigenvalue weighted by molar-refractivity contribution is 0.0953. The van der Waals surface area contributed by atoms with Crippen LogP contribution < -0.4 is 14.8 Å². The van der Waals surface area contributed by atoms with Crippen molar-refractivity contribution in [1.29, 1.82) is 0 Å². The van der Waals surface area contributed by atoms with Gasteiger partial charge in [-0.25, -0.2) is 8.42 Å². The summed E-state index contributed by atoms with van der Waals surface area (Å²) in [5.41, 5.74) is 0.788. The highest BCUT2D eigenvalue weighted by atomic mass is 32.2. The summed E-state index contributed by atoms with van der Waals surface area (Å²) in [6, 6.07) is 12.6. The summed E-state index contributed by atoms with van der Waals surface area (Å²) in [6.45, 7) is 2.76. The number of methoxy groups -OCH3 is 1. The van der Waals surface area contributed by atoms with Gasteiger partial charge in [0.2, 0.25) is 0 Å². The van der Waals surface area contributed by atoms with Gasteiger partial charge in [-0.05, 0) is 42.8 Å². The maximum atomic E-state index is 12.6. The Morgan fingerprint density at radius 2 is 1.70 bits per heavy atom. The zero-order valence-corrected chi connectivity index (χ0v) is 16.5. The van der Waals surface area contributed by atoms with Crippen LogP contribution >= 0.6 is 0 Å². The molecule has 0 bridgehead atoms. The molecule has 0 saturated carbocycles. The van der Waals surface area contributed by atoms with Gasteiger partial charge in [0.1, 0.15) is 5.75 Å². The number of amides is 1. The van der Waals surface area contributed by atoms with Crippen molar-refractivity contribution < 1.29 is 17.9 Å². The number of nitrogens with one attached hydrogen (secondary N) is 2. The van der Waals surface area contributed by atoms with Gasteiger partial charge < -0.3 is 10.1 Å². The van der Waals surface area contributed by atoms with E-state index in [-0.39, 0.29) is 10.8 Å². The second-order valence-corrected chi connectivity index (χ2v) is 7.83. The van der Waals surface area contributed by atoms with Crippen molar-refractivity contribution in [3.05, 3.63) is 54.1 Å². The first-order valence-corrected chi connectivity index (χ1v) is 10.5. The van der Waals surface area contributed by atoms with Gasteiger partial charge in [0, 0.05) is 12.1 Å². The summed E-state index contributed by atoms with van der Waals surface area (Å²) >= 11 is 0. The molecule has 7 heteroatoms. The van der Waals surface area contributed by atoms with E-state index in [9.17, 15) is 13.2 Å². The monoisotopic (exact) mass is 390 g/mol. The minimum Gasteiger partial charge on any atom is -0.495 e. The van der Waals surface area contributed by atoms with E-state index >= 15 is 0 Å². The molecule has 0 aliphatic rings. The van der Waals surface area contributed by atoms with E-state index in [1.807, 2.05) is 0 Å². The minimum absolute atomic E-state index is 0.0768. The SMILES string of the molecule is CCCCCCNC(=O)c1ccc(S(=O)(=O)Nc2ccccc2OC)cc1. The Labute approximate surface area is 161 Å². The fraction of sp³-hybridized carbons (Fsp3) is 0.350. The molecule has 2 rings (SSSR count). The van der Waals surface area contributed by atoms with Crippen LogP contribution in [0.3, 0.4) is 0 Å². The summed E-state index contributed by atoms with van der Waals surface area (Å²) in [5.74, 6) is 0.230. The molecule has 0 radical (unpaired) electrons. The van der Waals surface area contributed by atoms with Crippen molar-refractivity contribution in [1.82, 2.24) is 5.32 Å². The summed E-state index contributed by atoms with van der Waals surface area (Å²) in [7, 11) is -2.30. The molecular weight excluding hydrogens is 364 g/mol. The first-order valence-electron chi connectivity index (χ1n) is 9.02. The molecule has 0 aliphatic carbocycles. The topological polar surface area (TPSA) is 84.5 Å². The van der Waals surface area contributed by atoms with E-state index in [0.29, 0.717) is 23.5 Å². The predicted molar refractivity (Wildman–Crippen MR) is 107 cm³/mol. The zero-order valence-electron chi connectivity index (χ0n) is 15.7. The maximum absolute atomic E-state index is 12.6.